The highest BCUT2D eigenvalue weighted by Crippen LogP contribution is 2.21. The normalized spacial score (nSPS) is 12.2. The van der Waals surface area contributed by atoms with Gasteiger partial charge in [-0.2, -0.15) is 0 Å². The molecule has 0 aliphatic carbocycles. The van der Waals surface area contributed by atoms with Gasteiger partial charge >= 0.3 is 0 Å². The van der Waals surface area contributed by atoms with Crippen LogP contribution in [0.3, 0.4) is 0 Å². The second-order valence-electron chi connectivity index (χ2n) is 4.29. The van der Waals surface area contributed by atoms with Gasteiger partial charge < -0.3 is 10.4 Å². The van der Waals surface area contributed by atoms with Gasteiger partial charge in [0.15, 0.2) is 0 Å². The standard InChI is InChI=1S/C15H15F2NOS/c1-20-12-4-2-3-11(8-12)18-9-15(19)13-7-10(16)5-6-14(13)17/h2-8,15,18-19H,9H2,1H3. The van der Waals surface area contributed by atoms with Crippen LogP contribution >= 0.6 is 11.8 Å². The van der Waals surface area contributed by atoms with Gasteiger partial charge in [0.1, 0.15) is 11.6 Å². The van der Waals surface area contributed by atoms with Crippen LogP contribution in [0, 0.1) is 11.6 Å². The lowest BCUT2D eigenvalue weighted by Gasteiger charge is -2.14. The van der Waals surface area contributed by atoms with E-state index in [0.29, 0.717) is 0 Å². The number of halogens is 2. The van der Waals surface area contributed by atoms with Crippen molar-refractivity contribution in [3.8, 4) is 0 Å². The number of aliphatic hydroxyl groups excluding tert-OH is 1. The van der Waals surface area contributed by atoms with E-state index in [0.717, 1.165) is 28.8 Å². The van der Waals surface area contributed by atoms with Crippen molar-refractivity contribution < 1.29 is 13.9 Å². The van der Waals surface area contributed by atoms with Crippen molar-refractivity contribution >= 4 is 17.4 Å². The summed E-state index contributed by atoms with van der Waals surface area (Å²) in [5, 5.41) is 13.0. The Morgan fingerprint density at radius 2 is 2.00 bits per heavy atom. The lowest BCUT2D eigenvalue weighted by atomic mass is 10.1. The molecule has 0 bridgehead atoms. The summed E-state index contributed by atoms with van der Waals surface area (Å²) in [6, 6.07) is 10.7. The zero-order valence-electron chi connectivity index (χ0n) is 10.9. The van der Waals surface area contributed by atoms with Gasteiger partial charge in [-0.05, 0) is 42.7 Å². The molecule has 1 atom stereocenters. The molecule has 0 aliphatic heterocycles. The Bertz CT molecular complexity index is 592. The van der Waals surface area contributed by atoms with Crippen molar-refractivity contribution in [1.29, 1.82) is 0 Å². The average Bonchev–Trinajstić information content (AvgIpc) is 2.47. The second-order valence-corrected chi connectivity index (χ2v) is 5.17. The highest BCUT2D eigenvalue weighted by Gasteiger charge is 2.13. The van der Waals surface area contributed by atoms with E-state index in [1.54, 1.807) is 11.8 Å². The van der Waals surface area contributed by atoms with Crippen LogP contribution in [0.2, 0.25) is 0 Å². The summed E-state index contributed by atoms with van der Waals surface area (Å²) in [5.74, 6) is -1.18. The molecule has 0 amide bonds. The van der Waals surface area contributed by atoms with Crippen LogP contribution < -0.4 is 5.32 Å². The molecule has 2 N–H and O–H groups in total. The topological polar surface area (TPSA) is 32.3 Å². The lowest BCUT2D eigenvalue weighted by Crippen LogP contribution is -2.13. The number of aliphatic hydroxyl groups is 1. The molecular weight excluding hydrogens is 280 g/mol. The maximum atomic E-state index is 13.5. The number of hydrogen-bond acceptors (Lipinski definition) is 3. The first-order valence-electron chi connectivity index (χ1n) is 6.11. The van der Waals surface area contributed by atoms with Gasteiger partial charge in [0.25, 0.3) is 0 Å². The van der Waals surface area contributed by atoms with Gasteiger partial charge in [0, 0.05) is 22.7 Å². The second kappa shape index (κ2) is 6.72. The van der Waals surface area contributed by atoms with Gasteiger partial charge in [0.2, 0.25) is 0 Å². The van der Waals surface area contributed by atoms with Crippen LogP contribution in [-0.4, -0.2) is 17.9 Å². The van der Waals surface area contributed by atoms with E-state index in [1.807, 2.05) is 30.5 Å². The number of anilines is 1. The van der Waals surface area contributed by atoms with E-state index >= 15 is 0 Å². The average molecular weight is 295 g/mol. The smallest absolute Gasteiger partial charge is 0.129 e. The van der Waals surface area contributed by atoms with Crippen molar-refractivity contribution in [2.24, 2.45) is 0 Å². The van der Waals surface area contributed by atoms with E-state index in [9.17, 15) is 13.9 Å². The minimum absolute atomic E-state index is 0.0430. The third-order valence-corrected chi connectivity index (χ3v) is 3.61. The Balaban J connectivity index is 2.04. The van der Waals surface area contributed by atoms with Crippen LogP contribution in [0.25, 0.3) is 0 Å². The summed E-state index contributed by atoms with van der Waals surface area (Å²) in [4.78, 5) is 1.08. The Morgan fingerprint density at radius 3 is 2.75 bits per heavy atom. The molecule has 5 heteroatoms. The number of thioether (sulfide) groups is 1. The molecule has 0 aromatic heterocycles. The quantitative estimate of drug-likeness (QED) is 0.822. The fourth-order valence-electron chi connectivity index (χ4n) is 1.83. The molecule has 0 radical (unpaired) electrons. The van der Waals surface area contributed by atoms with Crippen molar-refractivity contribution in [2.75, 3.05) is 18.1 Å². The zero-order chi connectivity index (χ0) is 14.5. The molecule has 0 saturated carbocycles. The Morgan fingerprint density at radius 1 is 1.20 bits per heavy atom. The summed E-state index contributed by atoms with van der Waals surface area (Å²) in [7, 11) is 0. The first-order chi connectivity index (χ1) is 9.60. The minimum Gasteiger partial charge on any atom is -0.386 e. The van der Waals surface area contributed by atoms with Crippen LogP contribution in [0.4, 0.5) is 14.5 Å². The van der Waals surface area contributed by atoms with Crippen molar-refractivity contribution in [2.45, 2.75) is 11.0 Å². The maximum Gasteiger partial charge on any atom is 0.129 e. The highest BCUT2D eigenvalue weighted by atomic mass is 32.2. The van der Waals surface area contributed by atoms with Gasteiger partial charge in [-0.15, -0.1) is 11.8 Å². The molecule has 106 valence electrons. The zero-order valence-corrected chi connectivity index (χ0v) is 11.8. The summed E-state index contributed by atoms with van der Waals surface area (Å²) in [6.07, 6.45) is 0.861. The molecule has 2 aromatic rings. The molecular formula is C15H15F2NOS. The van der Waals surface area contributed by atoms with Gasteiger partial charge in [-0.3, -0.25) is 0 Å². The van der Waals surface area contributed by atoms with Crippen LogP contribution in [0.5, 0.6) is 0 Å². The number of nitrogens with one attached hydrogen (secondary N) is 1. The molecule has 1 unspecified atom stereocenters. The summed E-state index contributed by atoms with van der Waals surface area (Å²) in [6.45, 7) is 0.109. The molecule has 0 heterocycles. The Hall–Kier alpha value is -1.59. The van der Waals surface area contributed by atoms with Crippen LogP contribution in [0.1, 0.15) is 11.7 Å². The van der Waals surface area contributed by atoms with Crippen LogP contribution in [0.15, 0.2) is 47.4 Å². The maximum absolute atomic E-state index is 13.5. The molecule has 0 saturated heterocycles. The molecule has 0 aliphatic rings. The first-order valence-corrected chi connectivity index (χ1v) is 7.33. The molecule has 0 spiro atoms. The van der Waals surface area contributed by atoms with Gasteiger partial charge in [-0.1, -0.05) is 6.07 Å². The number of hydrogen-bond donors (Lipinski definition) is 2. The molecule has 2 nitrogen and oxygen atoms in total. The number of rotatable bonds is 5. The third kappa shape index (κ3) is 3.71. The Kier molecular flexibility index (Phi) is 4.98. The SMILES string of the molecule is CSc1cccc(NCC(O)c2cc(F)ccc2F)c1. The summed E-state index contributed by atoms with van der Waals surface area (Å²) in [5.41, 5.74) is 0.784. The van der Waals surface area contributed by atoms with Crippen molar-refractivity contribution in [3.05, 3.63) is 59.7 Å². The largest absolute Gasteiger partial charge is 0.386 e. The van der Waals surface area contributed by atoms with Gasteiger partial charge in [0.05, 0.1) is 6.10 Å². The highest BCUT2D eigenvalue weighted by molar-refractivity contribution is 7.98. The Labute approximate surface area is 120 Å². The van der Waals surface area contributed by atoms with Gasteiger partial charge in [-0.25, -0.2) is 8.78 Å². The van der Waals surface area contributed by atoms with E-state index < -0.39 is 17.7 Å². The lowest BCUT2D eigenvalue weighted by molar-refractivity contribution is 0.186. The van der Waals surface area contributed by atoms with Crippen molar-refractivity contribution in [1.82, 2.24) is 0 Å². The fraction of sp³-hybridized carbons (Fsp3) is 0.200. The van der Waals surface area contributed by atoms with E-state index in [1.165, 1.54) is 0 Å². The van der Waals surface area contributed by atoms with E-state index in [4.69, 9.17) is 0 Å². The molecule has 2 rings (SSSR count). The fourth-order valence-corrected chi connectivity index (χ4v) is 2.29. The summed E-state index contributed by atoms with van der Waals surface area (Å²) < 4.78 is 26.6. The van der Waals surface area contributed by atoms with E-state index in [-0.39, 0.29) is 12.1 Å². The van der Waals surface area contributed by atoms with Crippen LogP contribution in [-0.2, 0) is 0 Å². The third-order valence-electron chi connectivity index (χ3n) is 2.89. The first kappa shape index (κ1) is 14.8. The minimum atomic E-state index is -1.11. The number of benzene rings is 2. The predicted molar refractivity (Wildman–Crippen MR) is 78.0 cm³/mol. The summed E-state index contributed by atoms with van der Waals surface area (Å²) >= 11 is 1.61. The molecule has 20 heavy (non-hydrogen) atoms. The van der Waals surface area contributed by atoms with E-state index in [2.05, 4.69) is 5.32 Å². The molecule has 0 fully saturated rings. The monoisotopic (exact) mass is 295 g/mol. The predicted octanol–water partition coefficient (Wildman–Crippen LogP) is 3.83. The molecule has 2 aromatic carbocycles. The van der Waals surface area contributed by atoms with Crippen molar-refractivity contribution in [3.63, 3.8) is 0 Å².